The Balaban J connectivity index is 1.86. The molecule has 3 atom stereocenters. The van der Waals surface area contributed by atoms with E-state index < -0.39 is 34.7 Å². The van der Waals surface area contributed by atoms with Crippen LogP contribution in [-0.2, 0) is 24.5 Å². The number of rotatable bonds is 4. The summed E-state index contributed by atoms with van der Waals surface area (Å²) >= 11 is 1.22. The molecule has 2 aromatic rings. The maximum atomic E-state index is 15.8. The lowest BCUT2D eigenvalue weighted by molar-refractivity contribution is -0.0839. The lowest BCUT2D eigenvalue weighted by Gasteiger charge is -2.47. The van der Waals surface area contributed by atoms with Gasteiger partial charge in [-0.3, -0.25) is 0 Å². The molecule has 41 heavy (non-hydrogen) atoms. The van der Waals surface area contributed by atoms with E-state index in [0.29, 0.717) is 30.0 Å². The fraction of sp³-hybridized carbons (Fsp3) is 0.552. The summed E-state index contributed by atoms with van der Waals surface area (Å²) in [5.74, 6) is -0.261. The summed E-state index contributed by atoms with van der Waals surface area (Å²) in [5, 5.41) is 8.16. The average molecular weight is 589 g/mol. The Bertz CT molecular complexity index is 1270. The molecule has 0 spiro atoms. The van der Waals surface area contributed by atoms with Gasteiger partial charge in [0.25, 0.3) is 0 Å². The first-order valence-electron chi connectivity index (χ1n) is 13.4. The molecule has 0 aliphatic carbocycles. The first-order chi connectivity index (χ1) is 19.2. The van der Waals surface area contributed by atoms with Crippen molar-refractivity contribution in [2.24, 2.45) is 10.9 Å². The Kier molecular flexibility index (Phi) is 9.05. The molecular formula is C29H37FN4O6S. The van der Waals surface area contributed by atoms with Gasteiger partial charge in [0, 0.05) is 36.1 Å². The van der Waals surface area contributed by atoms with Gasteiger partial charge in [-0.1, -0.05) is 11.8 Å². The fourth-order valence-electron chi connectivity index (χ4n) is 4.74. The number of aliphatic imine (C=N–C) groups is 1. The topological polar surface area (TPSA) is 112 Å². The molecular weight excluding hydrogens is 551 g/mol. The highest BCUT2D eigenvalue weighted by atomic mass is 32.2. The van der Waals surface area contributed by atoms with E-state index in [1.54, 1.807) is 79.1 Å². The second-order valence-electron chi connectivity index (χ2n) is 12.1. The van der Waals surface area contributed by atoms with Crippen molar-refractivity contribution in [3.63, 3.8) is 0 Å². The lowest BCUT2D eigenvalue weighted by Crippen LogP contribution is -2.54. The quantitative estimate of drug-likeness (QED) is 0.437. The van der Waals surface area contributed by atoms with Crippen molar-refractivity contribution in [3.8, 4) is 11.3 Å². The van der Waals surface area contributed by atoms with Crippen LogP contribution in [0, 0.1) is 11.7 Å². The maximum absolute atomic E-state index is 15.8. The monoisotopic (exact) mass is 588 g/mol. The third-order valence-corrected chi connectivity index (χ3v) is 7.57. The number of imide groups is 1. The van der Waals surface area contributed by atoms with E-state index in [-0.39, 0.29) is 29.4 Å². The third-order valence-electron chi connectivity index (χ3n) is 6.47. The normalized spacial score (nSPS) is 22.8. The van der Waals surface area contributed by atoms with Gasteiger partial charge in [-0.05, 0) is 78.3 Å². The molecule has 10 nitrogen and oxygen atoms in total. The molecule has 222 valence electrons. The standard InChI is InChI=1S/C29H37FN4O6S/c1-27(2,3)39-25(35)34(26(36)40-28(4,5)6)24-32-29(17-38-20(15-37-7)14-19(29)16-41-24)21-13-18(10-11-22(21)30)23-9-8-12-31-33-23/h8-13,19-20H,14-17H2,1-7H3/t19-,20+,29-/m0/s1. The Morgan fingerprint density at radius 3 is 2.39 bits per heavy atom. The number of hydrogen-bond acceptors (Lipinski definition) is 10. The van der Waals surface area contributed by atoms with Gasteiger partial charge in [0.1, 0.15) is 22.6 Å². The summed E-state index contributed by atoms with van der Waals surface area (Å²) in [7, 11) is 1.60. The number of amidine groups is 1. The molecule has 0 saturated carbocycles. The number of hydrogen-bond donors (Lipinski definition) is 0. The zero-order chi connectivity index (χ0) is 30.0. The van der Waals surface area contributed by atoms with E-state index >= 15 is 4.39 Å². The zero-order valence-electron chi connectivity index (χ0n) is 24.5. The van der Waals surface area contributed by atoms with Crippen molar-refractivity contribution in [3.05, 3.63) is 47.9 Å². The molecule has 0 bridgehead atoms. The molecule has 1 aromatic heterocycles. The number of halogens is 1. The van der Waals surface area contributed by atoms with Gasteiger partial charge in [0.2, 0.25) is 0 Å². The molecule has 3 heterocycles. The molecule has 4 rings (SSSR count). The van der Waals surface area contributed by atoms with Crippen LogP contribution in [-0.4, -0.2) is 75.8 Å². The summed E-state index contributed by atoms with van der Waals surface area (Å²) in [5.41, 5.74) is -1.56. The predicted molar refractivity (Wildman–Crippen MR) is 153 cm³/mol. The lowest BCUT2D eigenvalue weighted by atomic mass is 9.74. The molecule has 0 unspecified atom stereocenters. The number of methoxy groups -OCH3 is 1. The predicted octanol–water partition coefficient (Wildman–Crippen LogP) is 5.80. The minimum Gasteiger partial charge on any atom is -0.443 e. The van der Waals surface area contributed by atoms with Crippen LogP contribution in [0.4, 0.5) is 14.0 Å². The smallest absolute Gasteiger partial charge is 0.426 e. The molecule has 2 amide bonds. The van der Waals surface area contributed by atoms with Crippen molar-refractivity contribution >= 4 is 29.1 Å². The first kappa shape index (κ1) is 30.9. The average Bonchev–Trinajstić information content (AvgIpc) is 2.87. The Morgan fingerprint density at radius 1 is 1.12 bits per heavy atom. The Hall–Kier alpha value is -3.09. The Labute approximate surface area is 244 Å². The SMILES string of the molecule is COC[C@H]1C[C@H]2CSC(N(C(=O)OC(C)(C)C)C(=O)OC(C)(C)C)=N[C@@]2(c2cc(-c3cccnn3)ccc2F)CO1. The van der Waals surface area contributed by atoms with Crippen molar-refractivity contribution in [1.82, 2.24) is 15.1 Å². The molecule has 2 aliphatic heterocycles. The Morgan fingerprint density at radius 2 is 1.80 bits per heavy atom. The van der Waals surface area contributed by atoms with Crippen LogP contribution >= 0.6 is 11.8 Å². The number of amides is 2. The molecule has 0 radical (unpaired) electrons. The summed E-state index contributed by atoms with van der Waals surface area (Å²) in [6.07, 6.45) is 0.00805. The van der Waals surface area contributed by atoms with Crippen molar-refractivity contribution < 1.29 is 32.9 Å². The van der Waals surface area contributed by atoms with Crippen molar-refractivity contribution in [2.75, 3.05) is 26.1 Å². The molecule has 1 fully saturated rings. The van der Waals surface area contributed by atoms with Gasteiger partial charge in [-0.2, -0.15) is 15.1 Å². The van der Waals surface area contributed by atoms with Crippen LogP contribution in [0.5, 0.6) is 0 Å². The van der Waals surface area contributed by atoms with Crippen molar-refractivity contribution in [1.29, 1.82) is 0 Å². The maximum Gasteiger partial charge on any atom is 0.426 e. The summed E-state index contributed by atoms with van der Waals surface area (Å²) in [6, 6.07) is 8.21. The summed E-state index contributed by atoms with van der Waals surface area (Å²) in [6.45, 7) is 10.6. The number of aromatic nitrogens is 2. The second-order valence-corrected chi connectivity index (χ2v) is 13.0. The first-order valence-corrected chi connectivity index (χ1v) is 14.4. The van der Waals surface area contributed by atoms with Gasteiger partial charge in [-0.25, -0.2) is 19.0 Å². The third kappa shape index (κ3) is 7.22. The van der Waals surface area contributed by atoms with E-state index in [1.807, 2.05) is 0 Å². The number of benzene rings is 1. The van der Waals surface area contributed by atoms with E-state index in [4.69, 9.17) is 23.9 Å². The van der Waals surface area contributed by atoms with E-state index in [0.717, 1.165) is 4.90 Å². The molecule has 12 heteroatoms. The summed E-state index contributed by atoms with van der Waals surface area (Å²) < 4.78 is 38.4. The van der Waals surface area contributed by atoms with E-state index in [9.17, 15) is 9.59 Å². The van der Waals surface area contributed by atoms with Crippen LogP contribution in [0.15, 0.2) is 41.5 Å². The molecule has 2 aliphatic rings. The molecule has 0 N–H and O–H groups in total. The minimum absolute atomic E-state index is 0.00702. The minimum atomic E-state index is -1.25. The highest BCUT2D eigenvalue weighted by Gasteiger charge is 2.51. The van der Waals surface area contributed by atoms with E-state index in [2.05, 4.69) is 10.2 Å². The second kappa shape index (κ2) is 12.0. The highest BCUT2D eigenvalue weighted by molar-refractivity contribution is 8.13. The fourth-order valence-corrected chi connectivity index (χ4v) is 6.01. The van der Waals surface area contributed by atoms with E-state index in [1.165, 1.54) is 17.8 Å². The van der Waals surface area contributed by atoms with Crippen LogP contribution in [0.25, 0.3) is 11.3 Å². The number of thioether (sulfide) groups is 1. The van der Waals surface area contributed by atoms with Crippen molar-refractivity contribution in [2.45, 2.75) is 70.8 Å². The van der Waals surface area contributed by atoms with Crippen LogP contribution < -0.4 is 0 Å². The van der Waals surface area contributed by atoms with Gasteiger partial charge < -0.3 is 18.9 Å². The molecule has 1 saturated heterocycles. The summed E-state index contributed by atoms with van der Waals surface area (Å²) in [4.78, 5) is 32.6. The number of carbonyl (C=O) groups excluding carboxylic acids is 2. The molecule has 1 aromatic carbocycles. The zero-order valence-corrected chi connectivity index (χ0v) is 25.3. The number of carbonyl (C=O) groups is 2. The van der Waals surface area contributed by atoms with Crippen LogP contribution in [0.2, 0.25) is 0 Å². The number of fused-ring (bicyclic) bond motifs is 1. The number of nitrogens with zero attached hydrogens (tertiary/aromatic N) is 4. The van der Waals surface area contributed by atoms with Crippen LogP contribution in [0.3, 0.4) is 0 Å². The van der Waals surface area contributed by atoms with Gasteiger partial charge in [-0.15, -0.1) is 0 Å². The largest absolute Gasteiger partial charge is 0.443 e. The highest BCUT2D eigenvalue weighted by Crippen LogP contribution is 2.48. The van der Waals surface area contributed by atoms with Gasteiger partial charge in [0.15, 0.2) is 5.17 Å². The van der Waals surface area contributed by atoms with Gasteiger partial charge in [0.05, 0.1) is 25.0 Å². The van der Waals surface area contributed by atoms with Crippen LogP contribution in [0.1, 0.15) is 53.5 Å². The number of ether oxygens (including phenoxy) is 4. The van der Waals surface area contributed by atoms with Gasteiger partial charge >= 0.3 is 12.2 Å².